The number of hydrogen-bond donors (Lipinski definition) is 1. The van der Waals surface area contributed by atoms with E-state index in [-0.39, 0.29) is 6.04 Å². The van der Waals surface area contributed by atoms with Crippen LogP contribution in [-0.4, -0.2) is 11.7 Å². The fourth-order valence-corrected chi connectivity index (χ4v) is 3.17. The van der Waals surface area contributed by atoms with Crippen LogP contribution in [0.2, 0.25) is 0 Å². The van der Waals surface area contributed by atoms with E-state index >= 15 is 0 Å². The van der Waals surface area contributed by atoms with Gasteiger partial charge in [0.25, 0.3) is 0 Å². The number of rotatable bonds is 2. The van der Waals surface area contributed by atoms with Gasteiger partial charge in [0.2, 0.25) is 0 Å². The predicted octanol–water partition coefficient (Wildman–Crippen LogP) is 4.15. The fourth-order valence-electron chi connectivity index (χ4n) is 3.17. The highest BCUT2D eigenvalue weighted by molar-refractivity contribution is 5.57. The van der Waals surface area contributed by atoms with Crippen LogP contribution < -0.4 is 4.90 Å². The van der Waals surface area contributed by atoms with Crippen LogP contribution in [0.25, 0.3) is 0 Å². The van der Waals surface area contributed by atoms with E-state index in [0.717, 1.165) is 18.5 Å². The van der Waals surface area contributed by atoms with E-state index in [1.165, 1.54) is 11.3 Å². The van der Waals surface area contributed by atoms with Crippen molar-refractivity contribution in [2.75, 3.05) is 11.4 Å². The van der Waals surface area contributed by atoms with Gasteiger partial charge < -0.3 is 10.0 Å². The number of hydrogen-bond acceptors (Lipinski definition) is 2. The van der Waals surface area contributed by atoms with Gasteiger partial charge >= 0.3 is 0 Å². The standard InChI is InChI=1S/C18H21NO/c1-13-10-16-6-3-4-9-18(16)19(12-13)14(2)15-7-5-8-17(20)11-15/h3-9,11,13-14,20H,10,12H2,1-2H3. The molecule has 2 heteroatoms. The third-order valence-corrected chi connectivity index (χ3v) is 4.20. The summed E-state index contributed by atoms with van der Waals surface area (Å²) < 4.78 is 0. The van der Waals surface area contributed by atoms with Gasteiger partial charge in [-0.05, 0) is 48.6 Å². The van der Waals surface area contributed by atoms with E-state index in [4.69, 9.17) is 0 Å². The topological polar surface area (TPSA) is 23.5 Å². The summed E-state index contributed by atoms with van der Waals surface area (Å²) in [5, 5.41) is 9.69. The molecule has 0 aliphatic carbocycles. The first-order valence-corrected chi connectivity index (χ1v) is 7.28. The first kappa shape index (κ1) is 13.0. The summed E-state index contributed by atoms with van der Waals surface area (Å²) in [5.41, 5.74) is 3.92. The van der Waals surface area contributed by atoms with Crippen LogP contribution in [0, 0.1) is 5.92 Å². The second-order valence-corrected chi connectivity index (χ2v) is 5.86. The predicted molar refractivity (Wildman–Crippen MR) is 83.2 cm³/mol. The van der Waals surface area contributed by atoms with Crippen LogP contribution in [-0.2, 0) is 6.42 Å². The maximum Gasteiger partial charge on any atom is 0.115 e. The van der Waals surface area contributed by atoms with E-state index in [9.17, 15) is 5.11 Å². The van der Waals surface area contributed by atoms with Crippen molar-refractivity contribution < 1.29 is 5.11 Å². The number of nitrogens with zero attached hydrogens (tertiary/aromatic N) is 1. The van der Waals surface area contributed by atoms with Crippen LogP contribution in [0.1, 0.15) is 31.0 Å². The molecule has 1 aliphatic rings. The number of para-hydroxylation sites is 1. The van der Waals surface area contributed by atoms with Crippen molar-refractivity contribution in [3.8, 4) is 5.75 Å². The summed E-state index contributed by atoms with van der Waals surface area (Å²) in [7, 11) is 0. The van der Waals surface area contributed by atoms with Gasteiger partial charge in [-0.1, -0.05) is 37.3 Å². The Labute approximate surface area is 120 Å². The summed E-state index contributed by atoms with van der Waals surface area (Å²) in [4.78, 5) is 2.46. The van der Waals surface area contributed by atoms with E-state index in [2.05, 4.69) is 49.1 Å². The zero-order valence-corrected chi connectivity index (χ0v) is 12.1. The molecule has 0 saturated carbocycles. The highest BCUT2D eigenvalue weighted by Gasteiger charge is 2.25. The number of anilines is 1. The number of phenols is 1. The van der Waals surface area contributed by atoms with Crippen molar-refractivity contribution in [2.24, 2.45) is 5.92 Å². The quantitative estimate of drug-likeness (QED) is 0.883. The number of aromatic hydroxyl groups is 1. The van der Waals surface area contributed by atoms with Gasteiger partial charge in [-0.25, -0.2) is 0 Å². The SMILES string of the molecule is CC1Cc2ccccc2N(C(C)c2cccc(O)c2)C1. The minimum absolute atomic E-state index is 0.269. The Morgan fingerprint density at radius 1 is 1.15 bits per heavy atom. The Kier molecular flexibility index (Phi) is 3.39. The van der Waals surface area contributed by atoms with Crippen molar-refractivity contribution in [1.82, 2.24) is 0 Å². The van der Waals surface area contributed by atoms with Gasteiger partial charge in [0.05, 0.1) is 6.04 Å². The Morgan fingerprint density at radius 2 is 1.95 bits per heavy atom. The van der Waals surface area contributed by atoms with E-state index in [1.54, 1.807) is 6.07 Å². The summed E-state index contributed by atoms with van der Waals surface area (Å²) in [6, 6.07) is 16.5. The lowest BCUT2D eigenvalue weighted by molar-refractivity contribution is 0.471. The maximum atomic E-state index is 9.69. The molecule has 0 amide bonds. The average molecular weight is 267 g/mol. The smallest absolute Gasteiger partial charge is 0.115 e. The molecule has 0 spiro atoms. The molecule has 0 fully saturated rings. The molecule has 2 atom stereocenters. The first-order valence-electron chi connectivity index (χ1n) is 7.28. The maximum absolute atomic E-state index is 9.69. The van der Waals surface area contributed by atoms with Gasteiger partial charge in [-0.3, -0.25) is 0 Å². The fraction of sp³-hybridized carbons (Fsp3) is 0.333. The van der Waals surface area contributed by atoms with Crippen molar-refractivity contribution in [1.29, 1.82) is 0 Å². The Balaban J connectivity index is 1.97. The Hall–Kier alpha value is -1.96. The molecular weight excluding hydrogens is 246 g/mol. The van der Waals surface area contributed by atoms with Gasteiger partial charge in [-0.2, -0.15) is 0 Å². The molecule has 3 rings (SSSR count). The zero-order chi connectivity index (χ0) is 14.1. The third kappa shape index (κ3) is 2.38. The molecule has 1 aliphatic heterocycles. The van der Waals surface area contributed by atoms with Crippen LogP contribution >= 0.6 is 0 Å². The van der Waals surface area contributed by atoms with Crippen LogP contribution in [0.15, 0.2) is 48.5 Å². The second kappa shape index (κ2) is 5.20. The minimum Gasteiger partial charge on any atom is -0.508 e. The Bertz CT molecular complexity index is 608. The van der Waals surface area contributed by atoms with Crippen molar-refractivity contribution in [3.05, 3.63) is 59.7 Å². The highest BCUT2D eigenvalue weighted by atomic mass is 16.3. The number of benzene rings is 2. The van der Waals surface area contributed by atoms with Crippen molar-refractivity contribution in [2.45, 2.75) is 26.3 Å². The molecular formula is C18H21NO. The van der Waals surface area contributed by atoms with Crippen LogP contribution in [0.5, 0.6) is 5.75 Å². The number of fused-ring (bicyclic) bond motifs is 1. The normalized spacial score (nSPS) is 19.5. The molecule has 104 valence electrons. The van der Waals surface area contributed by atoms with E-state index in [1.807, 2.05) is 12.1 Å². The highest BCUT2D eigenvalue weighted by Crippen LogP contribution is 2.36. The second-order valence-electron chi connectivity index (χ2n) is 5.86. The molecule has 0 saturated heterocycles. The molecule has 0 radical (unpaired) electrons. The van der Waals surface area contributed by atoms with Gasteiger partial charge in [0.1, 0.15) is 5.75 Å². The molecule has 2 nitrogen and oxygen atoms in total. The van der Waals surface area contributed by atoms with Gasteiger partial charge in [0.15, 0.2) is 0 Å². The van der Waals surface area contributed by atoms with Crippen molar-refractivity contribution in [3.63, 3.8) is 0 Å². The molecule has 20 heavy (non-hydrogen) atoms. The lowest BCUT2D eigenvalue weighted by Crippen LogP contribution is -2.36. The zero-order valence-electron chi connectivity index (χ0n) is 12.1. The van der Waals surface area contributed by atoms with Gasteiger partial charge in [-0.15, -0.1) is 0 Å². The minimum atomic E-state index is 0.269. The molecule has 0 aromatic heterocycles. The van der Waals surface area contributed by atoms with Crippen molar-refractivity contribution >= 4 is 5.69 Å². The number of phenolic OH excluding ortho intramolecular Hbond substituents is 1. The first-order chi connectivity index (χ1) is 9.65. The lowest BCUT2D eigenvalue weighted by atomic mass is 9.91. The molecule has 1 N–H and O–H groups in total. The molecule has 1 heterocycles. The Morgan fingerprint density at radius 3 is 2.75 bits per heavy atom. The largest absolute Gasteiger partial charge is 0.508 e. The molecule has 2 aromatic rings. The summed E-state index contributed by atoms with van der Waals surface area (Å²) in [5.74, 6) is 0.998. The molecule has 2 aromatic carbocycles. The molecule has 2 unspecified atom stereocenters. The van der Waals surface area contributed by atoms with Gasteiger partial charge in [0, 0.05) is 12.2 Å². The monoisotopic (exact) mass is 267 g/mol. The summed E-state index contributed by atoms with van der Waals surface area (Å²) >= 11 is 0. The van der Waals surface area contributed by atoms with Crippen LogP contribution in [0.3, 0.4) is 0 Å². The summed E-state index contributed by atoms with van der Waals surface area (Å²) in [6.45, 7) is 5.58. The van der Waals surface area contributed by atoms with E-state index < -0.39 is 0 Å². The summed E-state index contributed by atoms with van der Waals surface area (Å²) in [6.07, 6.45) is 1.15. The third-order valence-electron chi connectivity index (χ3n) is 4.20. The lowest BCUT2D eigenvalue weighted by Gasteiger charge is -2.39. The van der Waals surface area contributed by atoms with E-state index in [0.29, 0.717) is 11.7 Å². The van der Waals surface area contributed by atoms with Crippen LogP contribution in [0.4, 0.5) is 5.69 Å². The molecule has 0 bridgehead atoms. The average Bonchev–Trinajstić information content (AvgIpc) is 2.45.